The van der Waals surface area contributed by atoms with Gasteiger partial charge in [-0.15, -0.1) is 0 Å². The van der Waals surface area contributed by atoms with E-state index in [4.69, 9.17) is 4.74 Å². The highest BCUT2D eigenvalue weighted by Crippen LogP contribution is 2.48. The van der Waals surface area contributed by atoms with Gasteiger partial charge in [-0.25, -0.2) is 4.79 Å². The summed E-state index contributed by atoms with van der Waals surface area (Å²) in [5.41, 5.74) is 1.83. The topological polar surface area (TPSA) is 55.4 Å². The molecule has 1 N–H and O–H groups in total. The van der Waals surface area contributed by atoms with Gasteiger partial charge in [0.1, 0.15) is 0 Å². The molecule has 0 bridgehead atoms. The van der Waals surface area contributed by atoms with Crippen molar-refractivity contribution in [3.8, 4) is 0 Å². The van der Waals surface area contributed by atoms with Crippen LogP contribution in [0, 0.1) is 5.92 Å². The molecule has 0 atom stereocenters. The number of amides is 1. The van der Waals surface area contributed by atoms with Crippen LogP contribution >= 0.6 is 0 Å². The van der Waals surface area contributed by atoms with Crippen molar-refractivity contribution in [1.82, 2.24) is 0 Å². The number of anilines is 1. The molecule has 0 radical (unpaired) electrons. The van der Waals surface area contributed by atoms with Crippen LogP contribution in [0.2, 0.25) is 0 Å². The molecule has 0 aromatic heterocycles. The van der Waals surface area contributed by atoms with Gasteiger partial charge in [0.15, 0.2) is 0 Å². The highest BCUT2D eigenvalue weighted by atomic mass is 16.5. The highest BCUT2D eigenvalue weighted by molar-refractivity contribution is 6.01. The predicted octanol–water partition coefficient (Wildman–Crippen LogP) is 4.17. The molecular weight excluding hydrogens is 314 g/mol. The minimum absolute atomic E-state index is 0.00818. The van der Waals surface area contributed by atoms with Crippen molar-refractivity contribution in [3.05, 3.63) is 65.7 Å². The Morgan fingerprint density at radius 2 is 1.68 bits per heavy atom. The number of nitrogens with one attached hydrogen (secondary N) is 1. The fourth-order valence-electron chi connectivity index (χ4n) is 2.80. The molecule has 1 fully saturated rings. The van der Waals surface area contributed by atoms with Gasteiger partial charge < -0.3 is 10.1 Å². The van der Waals surface area contributed by atoms with Crippen LogP contribution in [-0.4, -0.2) is 18.5 Å². The zero-order valence-corrected chi connectivity index (χ0v) is 14.6. The van der Waals surface area contributed by atoms with Crippen LogP contribution in [0.3, 0.4) is 0 Å². The van der Waals surface area contributed by atoms with E-state index in [1.54, 1.807) is 24.3 Å². The van der Waals surface area contributed by atoms with E-state index in [-0.39, 0.29) is 11.9 Å². The monoisotopic (exact) mass is 337 g/mol. The number of rotatable bonds is 6. The number of esters is 1. The largest absolute Gasteiger partial charge is 0.462 e. The smallest absolute Gasteiger partial charge is 0.338 e. The normalized spacial score (nSPS) is 14.8. The number of carbonyl (C=O) groups is 2. The van der Waals surface area contributed by atoms with Gasteiger partial charge in [0.25, 0.3) is 0 Å². The zero-order chi connectivity index (χ0) is 17.9. The third-order valence-corrected chi connectivity index (χ3v) is 4.44. The number of ether oxygens (including phenoxy) is 1. The van der Waals surface area contributed by atoms with Crippen LogP contribution in [0.1, 0.15) is 42.6 Å². The number of hydrogen-bond acceptors (Lipinski definition) is 3. The molecule has 0 spiro atoms. The first-order valence-corrected chi connectivity index (χ1v) is 8.65. The summed E-state index contributed by atoms with van der Waals surface area (Å²) in [6.07, 6.45) is 1.73. The summed E-state index contributed by atoms with van der Waals surface area (Å²) >= 11 is 0. The number of benzene rings is 2. The molecule has 0 aliphatic heterocycles. The van der Waals surface area contributed by atoms with Gasteiger partial charge in [0.2, 0.25) is 5.91 Å². The van der Waals surface area contributed by atoms with E-state index in [1.165, 1.54) is 0 Å². The lowest BCUT2D eigenvalue weighted by Gasteiger charge is -2.16. The molecule has 2 aromatic carbocycles. The number of hydrogen-bond donors (Lipinski definition) is 1. The van der Waals surface area contributed by atoms with E-state index in [9.17, 15) is 9.59 Å². The van der Waals surface area contributed by atoms with Gasteiger partial charge in [-0.1, -0.05) is 44.2 Å². The Kier molecular flexibility index (Phi) is 4.88. The van der Waals surface area contributed by atoms with Gasteiger partial charge in [-0.2, -0.15) is 0 Å². The van der Waals surface area contributed by atoms with E-state index in [0.717, 1.165) is 18.4 Å². The molecule has 1 amide bonds. The summed E-state index contributed by atoms with van der Waals surface area (Å²) in [5, 5.41) is 2.97. The first-order chi connectivity index (χ1) is 12.0. The van der Waals surface area contributed by atoms with Crippen molar-refractivity contribution >= 4 is 17.6 Å². The first-order valence-electron chi connectivity index (χ1n) is 8.65. The zero-order valence-electron chi connectivity index (χ0n) is 14.6. The van der Waals surface area contributed by atoms with Crippen LogP contribution in [0.5, 0.6) is 0 Å². The molecule has 1 saturated carbocycles. The SMILES string of the molecule is CC(C)COC(=O)c1ccc(NC(=O)C2(c3ccccc3)CC2)cc1. The van der Waals surface area contributed by atoms with Gasteiger partial charge >= 0.3 is 5.97 Å². The molecule has 4 nitrogen and oxygen atoms in total. The van der Waals surface area contributed by atoms with E-state index in [1.807, 2.05) is 44.2 Å². The molecule has 0 saturated heterocycles. The number of carbonyl (C=O) groups excluding carboxylic acids is 2. The molecule has 4 heteroatoms. The predicted molar refractivity (Wildman–Crippen MR) is 97.5 cm³/mol. The summed E-state index contributed by atoms with van der Waals surface area (Å²) < 4.78 is 5.21. The lowest BCUT2D eigenvalue weighted by molar-refractivity contribution is -0.118. The van der Waals surface area contributed by atoms with Gasteiger partial charge in [0, 0.05) is 5.69 Å². The molecule has 2 aromatic rings. The second kappa shape index (κ2) is 7.09. The van der Waals surface area contributed by atoms with E-state index < -0.39 is 5.41 Å². The standard InChI is InChI=1S/C21H23NO3/c1-15(2)14-25-19(23)16-8-10-18(11-9-16)22-20(24)21(12-13-21)17-6-4-3-5-7-17/h3-11,15H,12-14H2,1-2H3,(H,22,24). The maximum Gasteiger partial charge on any atom is 0.338 e. The van der Waals surface area contributed by atoms with Crippen molar-refractivity contribution in [3.63, 3.8) is 0 Å². The Bertz CT molecular complexity index is 746. The lowest BCUT2D eigenvalue weighted by Crippen LogP contribution is -2.27. The van der Waals surface area contributed by atoms with E-state index >= 15 is 0 Å². The van der Waals surface area contributed by atoms with Gasteiger partial charge in [-0.05, 0) is 48.6 Å². The summed E-state index contributed by atoms with van der Waals surface area (Å²) in [5.74, 6) is -0.0291. The van der Waals surface area contributed by atoms with Crippen molar-refractivity contribution in [2.45, 2.75) is 32.1 Å². The van der Waals surface area contributed by atoms with Crippen LogP contribution in [0.15, 0.2) is 54.6 Å². The van der Waals surface area contributed by atoms with Crippen molar-refractivity contribution in [2.24, 2.45) is 5.92 Å². The first kappa shape index (κ1) is 17.2. The Morgan fingerprint density at radius 1 is 1.04 bits per heavy atom. The highest BCUT2D eigenvalue weighted by Gasteiger charge is 2.51. The average molecular weight is 337 g/mol. The van der Waals surface area contributed by atoms with E-state index in [0.29, 0.717) is 23.8 Å². The summed E-state index contributed by atoms with van der Waals surface area (Å²) in [7, 11) is 0. The van der Waals surface area contributed by atoms with Crippen molar-refractivity contribution in [2.75, 3.05) is 11.9 Å². The maximum absolute atomic E-state index is 12.7. The second-order valence-corrected chi connectivity index (χ2v) is 6.97. The fourth-order valence-corrected chi connectivity index (χ4v) is 2.80. The minimum atomic E-state index is -0.407. The Morgan fingerprint density at radius 3 is 2.24 bits per heavy atom. The third-order valence-electron chi connectivity index (χ3n) is 4.44. The molecule has 25 heavy (non-hydrogen) atoms. The van der Waals surface area contributed by atoms with Gasteiger partial charge in [0.05, 0.1) is 17.6 Å². The minimum Gasteiger partial charge on any atom is -0.462 e. The van der Waals surface area contributed by atoms with E-state index in [2.05, 4.69) is 5.32 Å². The molecule has 1 aliphatic rings. The molecule has 130 valence electrons. The second-order valence-electron chi connectivity index (χ2n) is 6.97. The van der Waals surface area contributed by atoms with Crippen LogP contribution < -0.4 is 5.32 Å². The van der Waals surface area contributed by atoms with Gasteiger partial charge in [-0.3, -0.25) is 4.79 Å². The quantitative estimate of drug-likeness (QED) is 0.805. The molecule has 3 rings (SSSR count). The van der Waals surface area contributed by atoms with Crippen LogP contribution in [-0.2, 0) is 14.9 Å². The van der Waals surface area contributed by atoms with Crippen LogP contribution in [0.25, 0.3) is 0 Å². The lowest BCUT2D eigenvalue weighted by atomic mass is 9.95. The fraction of sp³-hybridized carbons (Fsp3) is 0.333. The Labute approximate surface area is 148 Å². The molecule has 1 aliphatic carbocycles. The Balaban J connectivity index is 1.64. The third kappa shape index (κ3) is 3.90. The molecule has 0 heterocycles. The summed E-state index contributed by atoms with van der Waals surface area (Å²) in [6, 6.07) is 16.7. The molecular formula is C21H23NO3. The maximum atomic E-state index is 12.7. The average Bonchev–Trinajstić information content (AvgIpc) is 3.43. The summed E-state index contributed by atoms with van der Waals surface area (Å²) in [6.45, 7) is 4.38. The van der Waals surface area contributed by atoms with Crippen LogP contribution in [0.4, 0.5) is 5.69 Å². The van der Waals surface area contributed by atoms with Crippen molar-refractivity contribution in [1.29, 1.82) is 0 Å². The summed E-state index contributed by atoms with van der Waals surface area (Å²) in [4.78, 5) is 24.6. The van der Waals surface area contributed by atoms with Crippen molar-refractivity contribution < 1.29 is 14.3 Å². The molecule has 0 unspecified atom stereocenters. The Hall–Kier alpha value is -2.62.